The molecule has 0 radical (unpaired) electrons. The molecule has 1 saturated heterocycles. The number of nitrogens with zero attached hydrogens (tertiary/aromatic N) is 3. The van der Waals surface area contributed by atoms with Crippen LogP contribution in [0.4, 0.5) is 18.9 Å². The molecule has 2 heterocycles. The van der Waals surface area contributed by atoms with E-state index < -0.39 is 11.7 Å². The Morgan fingerprint density at radius 1 is 1.18 bits per heavy atom. The Labute approximate surface area is 159 Å². The fourth-order valence-electron chi connectivity index (χ4n) is 3.71. The van der Waals surface area contributed by atoms with Crippen LogP contribution in [0.3, 0.4) is 0 Å². The Bertz CT molecular complexity index is 1050. The molecule has 28 heavy (non-hydrogen) atoms. The zero-order chi connectivity index (χ0) is 19.9. The maximum atomic E-state index is 13.0. The molecule has 144 valence electrons. The van der Waals surface area contributed by atoms with Gasteiger partial charge in [0.1, 0.15) is 5.82 Å². The lowest BCUT2D eigenvalue weighted by Gasteiger charge is -2.18. The van der Waals surface area contributed by atoms with E-state index >= 15 is 0 Å². The number of rotatable bonds is 4. The van der Waals surface area contributed by atoms with Gasteiger partial charge in [0.15, 0.2) is 0 Å². The van der Waals surface area contributed by atoms with Gasteiger partial charge in [0, 0.05) is 31.1 Å². The Morgan fingerprint density at radius 2 is 1.96 bits per heavy atom. The third kappa shape index (κ3) is 3.17. The van der Waals surface area contributed by atoms with Gasteiger partial charge in [-0.05, 0) is 30.3 Å². The summed E-state index contributed by atoms with van der Waals surface area (Å²) in [6.45, 7) is 4.63. The van der Waals surface area contributed by atoms with Crippen molar-refractivity contribution in [2.24, 2.45) is 0 Å². The van der Waals surface area contributed by atoms with E-state index in [4.69, 9.17) is 0 Å². The molecule has 3 aromatic rings. The Balaban J connectivity index is 1.69. The molecule has 1 atom stereocenters. The van der Waals surface area contributed by atoms with Gasteiger partial charge in [-0.2, -0.15) is 13.2 Å². The van der Waals surface area contributed by atoms with Crippen molar-refractivity contribution in [3.05, 3.63) is 72.6 Å². The molecule has 0 saturated carbocycles. The van der Waals surface area contributed by atoms with Crippen molar-refractivity contribution in [2.75, 3.05) is 11.4 Å². The van der Waals surface area contributed by atoms with Crippen LogP contribution in [0.25, 0.3) is 11.0 Å². The zero-order valence-corrected chi connectivity index (χ0v) is 15.0. The number of amides is 1. The number of imidazole rings is 1. The van der Waals surface area contributed by atoms with Gasteiger partial charge in [0.05, 0.1) is 16.6 Å². The minimum Gasteiger partial charge on any atom is -0.324 e. The molecular weight excluding hydrogens is 367 g/mol. The Kier molecular flexibility index (Phi) is 4.45. The predicted molar refractivity (Wildman–Crippen MR) is 101 cm³/mol. The highest BCUT2D eigenvalue weighted by molar-refractivity contribution is 5.96. The Hall–Kier alpha value is -3.09. The first kappa shape index (κ1) is 18.3. The van der Waals surface area contributed by atoms with Crippen LogP contribution in [0.1, 0.15) is 23.7 Å². The number of anilines is 1. The average molecular weight is 385 g/mol. The first-order chi connectivity index (χ1) is 13.4. The van der Waals surface area contributed by atoms with Crippen molar-refractivity contribution in [1.29, 1.82) is 0 Å². The monoisotopic (exact) mass is 385 g/mol. The Morgan fingerprint density at radius 3 is 2.71 bits per heavy atom. The molecule has 1 amide bonds. The number of carbonyl (C=O) groups is 1. The van der Waals surface area contributed by atoms with Crippen LogP contribution in [0.5, 0.6) is 0 Å². The van der Waals surface area contributed by atoms with Crippen molar-refractivity contribution in [2.45, 2.75) is 25.1 Å². The van der Waals surface area contributed by atoms with Gasteiger partial charge >= 0.3 is 6.18 Å². The largest absolute Gasteiger partial charge is 0.416 e. The average Bonchev–Trinajstić information content (AvgIpc) is 3.22. The van der Waals surface area contributed by atoms with Crippen LogP contribution in [-0.2, 0) is 17.5 Å². The molecule has 0 bridgehead atoms. The number of benzene rings is 2. The number of hydrogen-bond donors (Lipinski definition) is 0. The van der Waals surface area contributed by atoms with Crippen LogP contribution < -0.4 is 4.90 Å². The van der Waals surface area contributed by atoms with Gasteiger partial charge in [-0.25, -0.2) is 4.98 Å². The second-order valence-corrected chi connectivity index (χ2v) is 6.81. The van der Waals surface area contributed by atoms with E-state index in [1.807, 2.05) is 28.8 Å². The molecule has 4 rings (SSSR count). The van der Waals surface area contributed by atoms with Gasteiger partial charge in [-0.1, -0.05) is 24.3 Å². The number of fused-ring (bicyclic) bond motifs is 1. The molecule has 1 unspecified atom stereocenters. The maximum Gasteiger partial charge on any atom is 0.416 e. The molecule has 0 spiro atoms. The number of allylic oxidation sites excluding steroid dienone is 1. The summed E-state index contributed by atoms with van der Waals surface area (Å²) in [5, 5.41) is 0. The lowest BCUT2D eigenvalue weighted by molar-refractivity contribution is -0.137. The molecule has 4 nitrogen and oxygen atoms in total. The number of hydrogen-bond acceptors (Lipinski definition) is 2. The summed E-state index contributed by atoms with van der Waals surface area (Å²) >= 11 is 0. The van der Waals surface area contributed by atoms with Crippen LogP contribution in [-0.4, -0.2) is 22.0 Å². The fraction of sp³-hybridized carbons (Fsp3) is 0.238. The highest BCUT2D eigenvalue weighted by Gasteiger charge is 2.36. The molecule has 1 aromatic heterocycles. The molecule has 2 aromatic carbocycles. The number of alkyl halides is 3. The first-order valence-electron chi connectivity index (χ1n) is 8.92. The summed E-state index contributed by atoms with van der Waals surface area (Å²) in [6, 6.07) is 12.6. The summed E-state index contributed by atoms with van der Waals surface area (Å²) in [4.78, 5) is 18.7. The summed E-state index contributed by atoms with van der Waals surface area (Å²) in [5.74, 6) is 0.347. The van der Waals surface area contributed by atoms with Gasteiger partial charge in [-0.3, -0.25) is 4.79 Å². The second kappa shape index (κ2) is 6.82. The molecular formula is C21H18F3N3O. The standard InChI is InChI=1S/C21H18F3N3O/c1-2-10-26-18-9-4-3-8-17(18)25-20(26)14-11-19(28)27(13-14)16-7-5-6-15(12-16)21(22,23)24/h2-9,12,14H,1,10-11,13H2. The van der Waals surface area contributed by atoms with E-state index in [0.29, 0.717) is 13.1 Å². The quantitative estimate of drug-likeness (QED) is 0.607. The van der Waals surface area contributed by atoms with Crippen LogP contribution >= 0.6 is 0 Å². The number of aromatic nitrogens is 2. The summed E-state index contributed by atoms with van der Waals surface area (Å²) < 4.78 is 41.1. The topological polar surface area (TPSA) is 38.1 Å². The number of para-hydroxylation sites is 2. The third-order valence-electron chi connectivity index (χ3n) is 4.97. The van der Waals surface area contributed by atoms with E-state index in [0.717, 1.165) is 29.0 Å². The third-order valence-corrected chi connectivity index (χ3v) is 4.97. The van der Waals surface area contributed by atoms with Gasteiger partial charge < -0.3 is 9.47 Å². The zero-order valence-electron chi connectivity index (χ0n) is 15.0. The maximum absolute atomic E-state index is 13.0. The van der Waals surface area contributed by atoms with Gasteiger partial charge in [0.25, 0.3) is 0 Å². The van der Waals surface area contributed by atoms with Crippen LogP contribution in [0.15, 0.2) is 61.2 Å². The molecule has 0 aliphatic carbocycles. The van der Waals surface area contributed by atoms with E-state index in [2.05, 4.69) is 11.6 Å². The second-order valence-electron chi connectivity index (χ2n) is 6.81. The van der Waals surface area contributed by atoms with Crippen LogP contribution in [0.2, 0.25) is 0 Å². The van der Waals surface area contributed by atoms with Crippen LogP contribution in [0, 0.1) is 0 Å². The summed E-state index contributed by atoms with van der Waals surface area (Å²) in [5.41, 5.74) is 1.26. The summed E-state index contributed by atoms with van der Waals surface area (Å²) in [6.07, 6.45) is -2.48. The molecule has 7 heteroatoms. The normalized spacial score (nSPS) is 17.5. The molecule has 0 N–H and O–H groups in total. The van der Waals surface area contributed by atoms with E-state index in [9.17, 15) is 18.0 Å². The van der Waals surface area contributed by atoms with Crippen molar-refractivity contribution < 1.29 is 18.0 Å². The SMILES string of the molecule is C=CCn1c(C2CC(=O)N(c3cccc(C(F)(F)F)c3)C2)nc2ccccc21. The number of halogens is 3. The van der Waals surface area contributed by atoms with Crippen molar-refractivity contribution in [3.63, 3.8) is 0 Å². The summed E-state index contributed by atoms with van der Waals surface area (Å²) in [7, 11) is 0. The molecule has 1 aliphatic rings. The lowest BCUT2D eigenvalue weighted by atomic mass is 10.1. The van der Waals surface area contributed by atoms with Gasteiger partial charge in [0.2, 0.25) is 5.91 Å². The number of carbonyl (C=O) groups excluding carboxylic acids is 1. The van der Waals surface area contributed by atoms with E-state index in [1.54, 1.807) is 6.08 Å². The minimum atomic E-state index is -4.45. The van der Waals surface area contributed by atoms with E-state index in [-0.39, 0.29) is 23.9 Å². The minimum absolute atomic E-state index is 0.200. The molecule has 1 fully saturated rings. The first-order valence-corrected chi connectivity index (χ1v) is 8.92. The highest BCUT2D eigenvalue weighted by atomic mass is 19.4. The van der Waals surface area contributed by atoms with E-state index in [1.165, 1.54) is 17.0 Å². The van der Waals surface area contributed by atoms with Crippen molar-refractivity contribution in [1.82, 2.24) is 9.55 Å². The van der Waals surface area contributed by atoms with Gasteiger partial charge in [-0.15, -0.1) is 6.58 Å². The van der Waals surface area contributed by atoms with Crippen molar-refractivity contribution >= 4 is 22.6 Å². The molecule has 1 aliphatic heterocycles. The fourth-order valence-corrected chi connectivity index (χ4v) is 3.71. The van der Waals surface area contributed by atoms with Crippen molar-refractivity contribution in [3.8, 4) is 0 Å². The lowest BCUT2D eigenvalue weighted by Crippen LogP contribution is -2.25. The smallest absolute Gasteiger partial charge is 0.324 e. The highest BCUT2D eigenvalue weighted by Crippen LogP contribution is 2.36. The predicted octanol–water partition coefficient (Wildman–Crippen LogP) is 4.76.